The summed E-state index contributed by atoms with van der Waals surface area (Å²) in [6.45, 7) is 8.40. The minimum absolute atomic E-state index is 0.110. The summed E-state index contributed by atoms with van der Waals surface area (Å²) in [5.74, 6) is -0.152. The number of ether oxygens (including phenoxy) is 1. The van der Waals surface area contributed by atoms with Gasteiger partial charge in [0.05, 0.1) is 6.10 Å². The van der Waals surface area contributed by atoms with Crippen LogP contribution in [-0.4, -0.2) is 17.9 Å². The molecule has 0 aliphatic rings. The molecule has 0 aromatic heterocycles. The average molecular weight is 354 g/mol. The fraction of sp³-hybridized carbons (Fsp3) is 0.333. The van der Waals surface area contributed by atoms with E-state index in [2.05, 4.69) is 24.5 Å². The summed E-state index contributed by atoms with van der Waals surface area (Å²) in [6.07, 6.45) is 0.110. The van der Waals surface area contributed by atoms with E-state index in [1.807, 2.05) is 50.2 Å². The van der Waals surface area contributed by atoms with Crippen molar-refractivity contribution in [1.82, 2.24) is 5.32 Å². The standard InChI is InChI=1S/C21H26N2O3/c1-14(2)17-7-9-18(10-8-17)23-21(25)20(24)22-13-16-5-11-19(12-6-16)26-15(3)4/h5-12,14-15H,13H2,1-4H3,(H,22,24)(H,23,25). The Hall–Kier alpha value is -2.82. The van der Waals surface area contributed by atoms with Gasteiger partial charge in [-0.3, -0.25) is 9.59 Å². The van der Waals surface area contributed by atoms with Crippen LogP contribution >= 0.6 is 0 Å². The molecule has 5 nitrogen and oxygen atoms in total. The Kier molecular flexibility index (Phi) is 6.78. The number of amides is 2. The van der Waals surface area contributed by atoms with Gasteiger partial charge in [0, 0.05) is 12.2 Å². The molecule has 2 amide bonds. The van der Waals surface area contributed by atoms with E-state index in [0.29, 0.717) is 11.6 Å². The van der Waals surface area contributed by atoms with E-state index in [9.17, 15) is 9.59 Å². The zero-order valence-electron chi connectivity index (χ0n) is 15.7. The van der Waals surface area contributed by atoms with Crippen LogP contribution in [0.3, 0.4) is 0 Å². The highest BCUT2D eigenvalue weighted by Crippen LogP contribution is 2.17. The van der Waals surface area contributed by atoms with Crippen LogP contribution in [0.4, 0.5) is 5.69 Å². The first-order valence-electron chi connectivity index (χ1n) is 8.80. The number of benzene rings is 2. The van der Waals surface area contributed by atoms with Crippen molar-refractivity contribution in [2.45, 2.75) is 46.3 Å². The summed E-state index contributed by atoms with van der Waals surface area (Å²) in [6, 6.07) is 14.9. The highest BCUT2D eigenvalue weighted by atomic mass is 16.5. The van der Waals surface area contributed by atoms with Gasteiger partial charge < -0.3 is 15.4 Å². The molecule has 0 unspecified atom stereocenters. The monoisotopic (exact) mass is 354 g/mol. The fourth-order valence-corrected chi connectivity index (χ4v) is 2.36. The molecule has 26 heavy (non-hydrogen) atoms. The molecular weight excluding hydrogens is 328 g/mol. The van der Waals surface area contributed by atoms with Gasteiger partial charge in [0.1, 0.15) is 5.75 Å². The Balaban J connectivity index is 1.84. The van der Waals surface area contributed by atoms with Crippen molar-refractivity contribution in [1.29, 1.82) is 0 Å². The number of anilines is 1. The number of hydrogen-bond acceptors (Lipinski definition) is 3. The Morgan fingerprint density at radius 2 is 1.50 bits per heavy atom. The maximum Gasteiger partial charge on any atom is 0.313 e. The molecule has 2 aromatic rings. The summed E-state index contributed by atoms with van der Waals surface area (Å²) >= 11 is 0. The molecule has 0 saturated heterocycles. The first-order valence-corrected chi connectivity index (χ1v) is 8.80. The van der Waals surface area contributed by atoms with Crippen molar-refractivity contribution in [2.24, 2.45) is 0 Å². The van der Waals surface area contributed by atoms with E-state index in [4.69, 9.17) is 4.74 Å². The summed E-state index contributed by atoms with van der Waals surface area (Å²) in [4.78, 5) is 23.9. The third-order valence-corrected chi connectivity index (χ3v) is 3.79. The van der Waals surface area contributed by atoms with Crippen molar-refractivity contribution in [3.63, 3.8) is 0 Å². The second-order valence-corrected chi connectivity index (χ2v) is 6.72. The predicted octanol–water partition coefficient (Wildman–Crippen LogP) is 3.85. The van der Waals surface area contributed by atoms with Crippen LogP contribution in [0.1, 0.15) is 44.7 Å². The Morgan fingerprint density at radius 3 is 2.04 bits per heavy atom. The maximum atomic E-state index is 12.0. The minimum Gasteiger partial charge on any atom is -0.491 e. The SMILES string of the molecule is CC(C)Oc1ccc(CNC(=O)C(=O)Nc2ccc(C(C)C)cc2)cc1. The van der Waals surface area contributed by atoms with Crippen LogP contribution in [0.25, 0.3) is 0 Å². The van der Waals surface area contributed by atoms with Crippen molar-refractivity contribution in [2.75, 3.05) is 5.32 Å². The van der Waals surface area contributed by atoms with E-state index in [0.717, 1.165) is 11.3 Å². The molecule has 0 bridgehead atoms. The van der Waals surface area contributed by atoms with Crippen molar-refractivity contribution < 1.29 is 14.3 Å². The van der Waals surface area contributed by atoms with E-state index in [-0.39, 0.29) is 12.6 Å². The first kappa shape index (κ1) is 19.5. The topological polar surface area (TPSA) is 67.4 Å². The van der Waals surface area contributed by atoms with Crippen LogP contribution in [0.15, 0.2) is 48.5 Å². The molecule has 5 heteroatoms. The molecule has 0 aliphatic carbocycles. The Labute approximate surface area is 154 Å². The van der Waals surface area contributed by atoms with Gasteiger partial charge in [-0.15, -0.1) is 0 Å². The van der Waals surface area contributed by atoms with Gasteiger partial charge in [0.15, 0.2) is 0 Å². The quantitative estimate of drug-likeness (QED) is 0.774. The molecule has 0 atom stereocenters. The van der Waals surface area contributed by atoms with Gasteiger partial charge in [-0.2, -0.15) is 0 Å². The molecular formula is C21H26N2O3. The molecule has 0 heterocycles. The minimum atomic E-state index is -0.679. The van der Waals surface area contributed by atoms with Crippen molar-refractivity contribution >= 4 is 17.5 Å². The summed E-state index contributed by atoms with van der Waals surface area (Å²) in [5, 5.41) is 5.22. The van der Waals surface area contributed by atoms with Crippen LogP contribution in [0.5, 0.6) is 5.75 Å². The Bertz CT molecular complexity index is 735. The molecule has 2 rings (SSSR count). The zero-order valence-corrected chi connectivity index (χ0v) is 15.7. The summed E-state index contributed by atoms with van der Waals surface area (Å²) in [5.41, 5.74) is 2.67. The zero-order chi connectivity index (χ0) is 19.1. The normalized spacial score (nSPS) is 10.7. The van der Waals surface area contributed by atoms with Crippen LogP contribution in [0.2, 0.25) is 0 Å². The van der Waals surface area contributed by atoms with Gasteiger partial charge in [0.2, 0.25) is 0 Å². The fourth-order valence-electron chi connectivity index (χ4n) is 2.36. The smallest absolute Gasteiger partial charge is 0.313 e. The summed E-state index contributed by atoms with van der Waals surface area (Å²) < 4.78 is 5.57. The third-order valence-electron chi connectivity index (χ3n) is 3.79. The molecule has 0 radical (unpaired) electrons. The average Bonchev–Trinajstić information content (AvgIpc) is 2.60. The number of carbonyl (C=O) groups excluding carboxylic acids is 2. The second kappa shape index (κ2) is 9.04. The molecule has 138 valence electrons. The maximum absolute atomic E-state index is 12.0. The lowest BCUT2D eigenvalue weighted by atomic mass is 10.0. The highest BCUT2D eigenvalue weighted by molar-refractivity contribution is 6.39. The number of nitrogens with one attached hydrogen (secondary N) is 2. The van der Waals surface area contributed by atoms with Gasteiger partial charge in [-0.05, 0) is 55.2 Å². The van der Waals surface area contributed by atoms with Gasteiger partial charge in [-0.1, -0.05) is 38.1 Å². The lowest BCUT2D eigenvalue weighted by molar-refractivity contribution is -0.136. The van der Waals surface area contributed by atoms with Crippen LogP contribution in [-0.2, 0) is 16.1 Å². The van der Waals surface area contributed by atoms with Crippen LogP contribution < -0.4 is 15.4 Å². The van der Waals surface area contributed by atoms with E-state index in [1.165, 1.54) is 5.56 Å². The highest BCUT2D eigenvalue weighted by Gasteiger charge is 2.13. The molecule has 0 fully saturated rings. The molecule has 0 spiro atoms. The molecule has 2 aromatic carbocycles. The van der Waals surface area contributed by atoms with Gasteiger partial charge >= 0.3 is 11.8 Å². The number of hydrogen-bond donors (Lipinski definition) is 2. The lowest BCUT2D eigenvalue weighted by Crippen LogP contribution is -2.34. The van der Waals surface area contributed by atoms with Gasteiger partial charge in [-0.25, -0.2) is 0 Å². The van der Waals surface area contributed by atoms with Crippen molar-refractivity contribution in [3.05, 3.63) is 59.7 Å². The largest absolute Gasteiger partial charge is 0.491 e. The second-order valence-electron chi connectivity index (χ2n) is 6.72. The Morgan fingerprint density at radius 1 is 0.885 bits per heavy atom. The third kappa shape index (κ3) is 5.92. The number of carbonyl (C=O) groups is 2. The van der Waals surface area contributed by atoms with E-state index in [1.54, 1.807) is 12.1 Å². The summed E-state index contributed by atoms with van der Waals surface area (Å²) in [7, 11) is 0. The molecule has 2 N–H and O–H groups in total. The predicted molar refractivity (Wildman–Crippen MR) is 103 cm³/mol. The van der Waals surface area contributed by atoms with Crippen LogP contribution in [0, 0.1) is 0 Å². The first-order chi connectivity index (χ1) is 12.3. The van der Waals surface area contributed by atoms with Crippen molar-refractivity contribution in [3.8, 4) is 5.75 Å². The number of rotatable bonds is 6. The molecule has 0 aliphatic heterocycles. The van der Waals surface area contributed by atoms with Gasteiger partial charge in [0.25, 0.3) is 0 Å². The lowest BCUT2D eigenvalue weighted by Gasteiger charge is -2.11. The molecule has 0 saturated carbocycles. The van der Waals surface area contributed by atoms with E-state index < -0.39 is 11.8 Å². The van der Waals surface area contributed by atoms with E-state index >= 15 is 0 Å².